The van der Waals surface area contributed by atoms with Crippen molar-refractivity contribution in [3.05, 3.63) is 28.2 Å². The molecular formula is C12H14BrNO3. The fourth-order valence-electron chi connectivity index (χ4n) is 1.83. The fraction of sp³-hybridized carbons (Fsp3) is 0.417. The first-order valence-electron chi connectivity index (χ1n) is 5.47. The molecule has 1 N–H and O–H groups in total. The molecule has 4 nitrogen and oxygen atoms in total. The number of carbonyl (C=O) groups is 1. The average molecular weight is 300 g/mol. The Kier molecular flexibility index (Phi) is 3.69. The van der Waals surface area contributed by atoms with Crippen molar-refractivity contribution in [2.75, 3.05) is 19.7 Å². The molecule has 1 aliphatic heterocycles. The zero-order chi connectivity index (χ0) is 12.4. The first-order valence-corrected chi connectivity index (χ1v) is 6.26. The summed E-state index contributed by atoms with van der Waals surface area (Å²) in [4.78, 5) is 13.9. The molecule has 1 heterocycles. The fourth-order valence-corrected chi connectivity index (χ4v) is 2.08. The maximum Gasteiger partial charge on any atom is 0.254 e. The van der Waals surface area contributed by atoms with Gasteiger partial charge in [-0.25, -0.2) is 0 Å². The van der Waals surface area contributed by atoms with Crippen LogP contribution in [0.15, 0.2) is 22.7 Å². The summed E-state index contributed by atoms with van der Waals surface area (Å²) in [7, 11) is 0. The van der Waals surface area contributed by atoms with Gasteiger partial charge in [0.25, 0.3) is 5.91 Å². The van der Waals surface area contributed by atoms with E-state index < -0.39 is 0 Å². The van der Waals surface area contributed by atoms with E-state index in [2.05, 4.69) is 15.9 Å². The van der Waals surface area contributed by atoms with Gasteiger partial charge in [0.2, 0.25) is 0 Å². The third-order valence-corrected chi connectivity index (χ3v) is 3.39. The second-order valence-corrected chi connectivity index (χ2v) is 4.95. The number of hydrogen-bond acceptors (Lipinski definition) is 3. The third kappa shape index (κ3) is 2.79. The lowest BCUT2D eigenvalue weighted by Gasteiger charge is -2.31. The van der Waals surface area contributed by atoms with E-state index in [0.717, 1.165) is 0 Å². The monoisotopic (exact) mass is 299 g/mol. The Labute approximate surface area is 108 Å². The van der Waals surface area contributed by atoms with Crippen molar-refractivity contribution in [2.24, 2.45) is 0 Å². The number of hydrogen-bond donors (Lipinski definition) is 1. The van der Waals surface area contributed by atoms with Crippen LogP contribution in [0.2, 0.25) is 0 Å². The van der Waals surface area contributed by atoms with Crippen LogP contribution in [0, 0.1) is 0 Å². The highest BCUT2D eigenvalue weighted by Gasteiger charge is 2.22. The largest absolute Gasteiger partial charge is 0.507 e. The van der Waals surface area contributed by atoms with Gasteiger partial charge in [-0.05, 0) is 41.1 Å². The molecule has 0 bridgehead atoms. The van der Waals surface area contributed by atoms with E-state index in [0.29, 0.717) is 29.7 Å². The number of nitrogens with zero attached hydrogens (tertiary/aromatic N) is 1. The Hall–Kier alpha value is -1.07. The minimum absolute atomic E-state index is 0.0664. The van der Waals surface area contributed by atoms with E-state index in [1.165, 1.54) is 6.07 Å². The quantitative estimate of drug-likeness (QED) is 0.863. The molecular weight excluding hydrogens is 286 g/mol. The summed E-state index contributed by atoms with van der Waals surface area (Å²) < 4.78 is 5.97. The number of carbonyl (C=O) groups excluding carboxylic acids is 1. The summed E-state index contributed by atoms with van der Waals surface area (Å²) in [6.45, 7) is 3.70. The molecule has 1 unspecified atom stereocenters. The maximum absolute atomic E-state index is 12.2. The predicted molar refractivity (Wildman–Crippen MR) is 67.1 cm³/mol. The number of rotatable bonds is 1. The molecule has 2 rings (SSSR count). The second-order valence-electron chi connectivity index (χ2n) is 4.10. The van der Waals surface area contributed by atoms with Crippen molar-refractivity contribution >= 4 is 21.8 Å². The summed E-state index contributed by atoms with van der Waals surface area (Å²) in [6.07, 6.45) is 0.0664. The standard InChI is InChI=1S/C12H14BrNO3/c1-8-7-14(4-5-17-8)12(16)9-2-3-10(13)11(15)6-9/h2-3,6,8,15H,4-5,7H2,1H3. The van der Waals surface area contributed by atoms with E-state index in [4.69, 9.17) is 4.74 Å². The molecule has 1 aromatic carbocycles. The summed E-state index contributed by atoms with van der Waals surface area (Å²) >= 11 is 3.19. The van der Waals surface area contributed by atoms with Crippen LogP contribution >= 0.6 is 15.9 Å². The zero-order valence-corrected chi connectivity index (χ0v) is 11.1. The summed E-state index contributed by atoms with van der Waals surface area (Å²) in [5.41, 5.74) is 0.500. The smallest absolute Gasteiger partial charge is 0.254 e. The van der Waals surface area contributed by atoms with Crippen molar-refractivity contribution in [1.29, 1.82) is 0 Å². The number of benzene rings is 1. The molecule has 0 aromatic heterocycles. The average Bonchev–Trinajstić information content (AvgIpc) is 2.32. The van der Waals surface area contributed by atoms with Gasteiger partial charge in [-0.3, -0.25) is 4.79 Å². The molecule has 5 heteroatoms. The molecule has 1 amide bonds. The molecule has 17 heavy (non-hydrogen) atoms. The van der Waals surface area contributed by atoms with Crippen molar-refractivity contribution < 1.29 is 14.6 Å². The Morgan fingerprint density at radius 1 is 1.59 bits per heavy atom. The van der Waals surface area contributed by atoms with Crippen LogP contribution in [-0.2, 0) is 4.74 Å². The van der Waals surface area contributed by atoms with Crippen LogP contribution in [-0.4, -0.2) is 41.7 Å². The van der Waals surface area contributed by atoms with Gasteiger partial charge in [0.15, 0.2) is 0 Å². The van der Waals surface area contributed by atoms with Gasteiger partial charge in [0.05, 0.1) is 17.2 Å². The molecule has 0 saturated carbocycles. The minimum atomic E-state index is -0.0667. The first kappa shape index (κ1) is 12.4. The zero-order valence-electron chi connectivity index (χ0n) is 9.52. The van der Waals surface area contributed by atoms with Gasteiger partial charge < -0.3 is 14.7 Å². The molecule has 0 aliphatic carbocycles. The van der Waals surface area contributed by atoms with Crippen LogP contribution in [0.5, 0.6) is 5.75 Å². The highest BCUT2D eigenvalue weighted by atomic mass is 79.9. The second kappa shape index (κ2) is 5.06. The number of phenolic OH excluding ortho intramolecular Hbond substituents is 1. The maximum atomic E-state index is 12.2. The predicted octanol–water partition coefficient (Wildman–Crippen LogP) is 2.02. The van der Waals surface area contributed by atoms with Crippen LogP contribution in [0.1, 0.15) is 17.3 Å². The van der Waals surface area contributed by atoms with Crippen molar-refractivity contribution in [3.63, 3.8) is 0 Å². The summed E-state index contributed by atoms with van der Waals surface area (Å²) in [6, 6.07) is 4.85. The minimum Gasteiger partial charge on any atom is -0.507 e. The molecule has 0 spiro atoms. The van der Waals surface area contributed by atoms with E-state index in [1.54, 1.807) is 17.0 Å². The summed E-state index contributed by atoms with van der Waals surface area (Å²) in [5.74, 6) is 0.0140. The number of phenols is 1. The summed E-state index contributed by atoms with van der Waals surface area (Å²) in [5, 5.41) is 9.56. The Morgan fingerprint density at radius 3 is 3.00 bits per heavy atom. The molecule has 1 fully saturated rings. The van der Waals surface area contributed by atoms with Crippen molar-refractivity contribution in [2.45, 2.75) is 13.0 Å². The molecule has 1 atom stereocenters. The van der Waals surface area contributed by atoms with Crippen LogP contribution in [0.25, 0.3) is 0 Å². The van der Waals surface area contributed by atoms with Crippen molar-refractivity contribution in [1.82, 2.24) is 4.90 Å². The number of aromatic hydroxyl groups is 1. The molecule has 1 aliphatic rings. The van der Waals surface area contributed by atoms with Gasteiger partial charge in [0.1, 0.15) is 5.75 Å². The number of amides is 1. The van der Waals surface area contributed by atoms with Crippen LogP contribution in [0.3, 0.4) is 0 Å². The number of morpholine rings is 1. The molecule has 0 radical (unpaired) electrons. The van der Waals surface area contributed by atoms with Crippen LogP contribution in [0.4, 0.5) is 0 Å². The first-order chi connectivity index (χ1) is 8.08. The van der Waals surface area contributed by atoms with E-state index in [-0.39, 0.29) is 17.8 Å². The van der Waals surface area contributed by atoms with Gasteiger partial charge in [0, 0.05) is 18.7 Å². The molecule has 1 saturated heterocycles. The van der Waals surface area contributed by atoms with E-state index >= 15 is 0 Å². The third-order valence-electron chi connectivity index (χ3n) is 2.72. The lowest BCUT2D eigenvalue weighted by Crippen LogP contribution is -2.44. The Balaban J connectivity index is 2.15. The van der Waals surface area contributed by atoms with Gasteiger partial charge in [-0.15, -0.1) is 0 Å². The van der Waals surface area contributed by atoms with E-state index in [9.17, 15) is 9.90 Å². The highest BCUT2D eigenvalue weighted by Crippen LogP contribution is 2.25. The highest BCUT2D eigenvalue weighted by molar-refractivity contribution is 9.10. The Morgan fingerprint density at radius 2 is 2.35 bits per heavy atom. The van der Waals surface area contributed by atoms with Gasteiger partial charge in [-0.1, -0.05) is 0 Å². The Bertz CT molecular complexity index is 436. The van der Waals surface area contributed by atoms with Gasteiger partial charge in [-0.2, -0.15) is 0 Å². The van der Waals surface area contributed by atoms with Crippen molar-refractivity contribution in [3.8, 4) is 5.75 Å². The SMILES string of the molecule is CC1CN(C(=O)c2ccc(Br)c(O)c2)CCO1. The lowest BCUT2D eigenvalue weighted by molar-refractivity contribution is -0.0124. The normalized spacial score (nSPS) is 20.4. The molecule has 1 aromatic rings. The number of ether oxygens (including phenoxy) is 1. The lowest BCUT2D eigenvalue weighted by atomic mass is 10.1. The topological polar surface area (TPSA) is 49.8 Å². The van der Waals surface area contributed by atoms with Crippen LogP contribution < -0.4 is 0 Å². The van der Waals surface area contributed by atoms with Gasteiger partial charge >= 0.3 is 0 Å². The molecule has 92 valence electrons. The van der Waals surface area contributed by atoms with E-state index in [1.807, 2.05) is 6.92 Å². The number of halogens is 1.